The molecule has 2 N–H and O–H groups in total. The average molecular weight is 437 g/mol. The van der Waals surface area contributed by atoms with Gasteiger partial charge in [0.2, 0.25) is 5.91 Å². The molecule has 1 aliphatic rings. The highest BCUT2D eigenvalue weighted by Crippen LogP contribution is 2.35. The van der Waals surface area contributed by atoms with E-state index in [9.17, 15) is 9.59 Å². The van der Waals surface area contributed by atoms with Gasteiger partial charge in [0, 0.05) is 28.9 Å². The molecule has 1 amide bonds. The number of hydrogen-bond donors (Lipinski definition) is 2. The van der Waals surface area contributed by atoms with Gasteiger partial charge in [-0.15, -0.1) is 0 Å². The number of anilines is 1. The number of hydrogen-bond acceptors (Lipinski definition) is 8. The van der Waals surface area contributed by atoms with Gasteiger partial charge in [-0.2, -0.15) is 0 Å². The molecule has 158 valence electrons. The predicted octanol–water partition coefficient (Wildman–Crippen LogP) is 3.52. The van der Waals surface area contributed by atoms with Crippen LogP contribution in [0.15, 0.2) is 47.5 Å². The highest BCUT2D eigenvalue weighted by molar-refractivity contribution is 8.00. The highest BCUT2D eigenvalue weighted by atomic mass is 32.2. The molecule has 0 spiro atoms. The number of carbonyl (C=O) groups excluding carboxylic acids is 2. The van der Waals surface area contributed by atoms with E-state index in [-0.39, 0.29) is 11.7 Å². The van der Waals surface area contributed by atoms with Crippen molar-refractivity contribution in [1.82, 2.24) is 4.98 Å². The molecule has 9 heteroatoms. The Hall–Kier alpha value is -3.59. The van der Waals surface area contributed by atoms with Gasteiger partial charge in [0.1, 0.15) is 18.2 Å². The van der Waals surface area contributed by atoms with Crippen molar-refractivity contribution >= 4 is 46.4 Å². The molecule has 2 aromatic carbocycles. The molecule has 1 aromatic heterocycles. The monoisotopic (exact) mass is 437 g/mol. The van der Waals surface area contributed by atoms with Crippen molar-refractivity contribution in [3.63, 3.8) is 0 Å². The number of nitrogens with zero attached hydrogens (tertiary/aromatic N) is 1. The molecule has 0 saturated carbocycles. The third kappa shape index (κ3) is 4.61. The average Bonchev–Trinajstić information content (AvgIpc) is 2.80. The Labute approximate surface area is 182 Å². The number of esters is 1. The van der Waals surface area contributed by atoms with E-state index in [1.807, 2.05) is 12.1 Å². The van der Waals surface area contributed by atoms with Gasteiger partial charge in [-0.3, -0.25) is 4.79 Å². The Morgan fingerprint density at radius 3 is 2.71 bits per heavy atom. The second-order valence-electron chi connectivity index (χ2n) is 6.62. The number of aromatic nitrogens is 1. The van der Waals surface area contributed by atoms with Crippen molar-refractivity contribution in [3.05, 3.63) is 53.6 Å². The van der Waals surface area contributed by atoms with Gasteiger partial charge in [0.05, 0.1) is 23.9 Å². The topological polar surface area (TPSA) is 111 Å². The number of amides is 1. The molecule has 8 nitrogen and oxygen atoms in total. The fourth-order valence-electron chi connectivity index (χ4n) is 3.10. The van der Waals surface area contributed by atoms with Crippen molar-refractivity contribution in [2.24, 2.45) is 0 Å². The van der Waals surface area contributed by atoms with Gasteiger partial charge < -0.3 is 24.9 Å². The largest absolute Gasteiger partial charge is 0.486 e. The van der Waals surface area contributed by atoms with Gasteiger partial charge in [-0.1, -0.05) is 17.8 Å². The third-order valence-electron chi connectivity index (χ3n) is 4.53. The fraction of sp³-hybridized carbons (Fsp3) is 0.182. The molecule has 0 fully saturated rings. The number of methoxy groups -OCH3 is 1. The number of thioether (sulfide) groups is 1. The lowest BCUT2D eigenvalue weighted by atomic mass is 10.1. The van der Waals surface area contributed by atoms with E-state index in [2.05, 4.69) is 10.3 Å². The SMILES string of the molecule is COC(=O)c1cccc(NC(=O)CSc2nc3cc4c(cc3cc2C=N)OCCO4)c1. The number of fused-ring (bicyclic) bond motifs is 2. The van der Waals surface area contributed by atoms with Crippen LogP contribution in [0.25, 0.3) is 10.9 Å². The first-order valence-corrected chi connectivity index (χ1v) is 10.4. The summed E-state index contributed by atoms with van der Waals surface area (Å²) in [6.07, 6.45) is 1.21. The first-order chi connectivity index (χ1) is 15.1. The summed E-state index contributed by atoms with van der Waals surface area (Å²) in [6, 6.07) is 12.0. The van der Waals surface area contributed by atoms with E-state index in [0.717, 1.165) is 5.39 Å². The quantitative estimate of drug-likeness (QED) is 0.345. The summed E-state index contributed by atoms with van der Waals surface area (Å²) < 4.78 is 15.9. The van der Waals surface area contributed by atoms with Crippen molar-refractivity contribution in [2.45, 2.75) is 5.03 Å². The van der Waals surface area contributed by atoms with E-state index in [0.29, 0.717) is 52.1 Å². The predicted molar refractivity (Wildman–Crippen MR) is 118 cm³/mol. The summed E-state index contributed by atoms with van der Waals surface area (Å²) in [6.45, 7) is 0.977. The molecule has 0 unspecified atom stereocenters. The highest BCUT2D eigenvalue weighted by Gasteiger charge is 2.16. The second-order valence-corrected chi connectivity index (χ2v) is 7.59. The minimum Gasteiger partial charge on any atom is -0.486 e. The van der Waals surface area contributed by atoms with Gasteiger partial charge >= 0.3 is 5.97 Å². The lowest BCUT2D eigenvalue weighted by molar-refractivity contribution is -0.113. The van der Waals surface area contributed by atoms with Crippen LogP contribution < -0.4 is 14.8 Å². The van der Waals surface area contributed by atoms with Crippen LogP contribution in [0.4, 0.5) is 5.69 Å². The summed E-state index contributed by atoms with van der Waals surface area (Å²) in [5, 5.41) is 11.9. The Kier molecular flexibility index (Phi) is 6.03. The van der Waals surface area contributed by atoms with Gasteiger partial charge in [0.25, 0.3) is 0 Å². The Morgan fingerprint density at radius 1 is 1.19 bits per heavy atom. The molecule has 31 heavy (non-hydrogen) atoms. The number of benzene rings is 2. The molecular weight excluding hydrogens is 418 g/mol. The van der Waals surface area contributed by atoms with Crippen molar-refractivity contribution in [2.75, 3.05) is 31.4 Å². The van der Waals surface area contributed by atoms with Gasteiger partial charge in [0.15, 0.2) is 11.5 Å². The molecule has 1 aliphatic heterocycles. The molecular formula is C22H19N3O5S. The Balaban J connectivity index is 1.49. The van der Waals surface area contributed by atoms with Gasteiger partial charge in [-0.05, 0) is 30.3 Å². The Morgan fingerprint density at radius 2 is 1.97 bits per heavy atom. The summed E-state index contributed by atoms with van der Waals surface area (Å²) >= 11 is 1.23. The van der Waals surface area contributed by atoms with Crippen LogP contribution in [0, 0.1) is 5.41 Å². The molecule has 0 aliphatic carbocycles. The van der Waals surface area contributed by atoms with Crippen LogP contribution >= 0.6 is 11.8 Å². The van der Waals surface area contributed by atoms with Crippen molar-refractivity contribution in [1.29, 1.82) is 5.41 Å². The number of ether oxygens (including phenoxy) is 3. The fourth-order valence-corrected chi connectivity index (χ4v) is 3.89. The van der Waals surface area contributed by atoms with E-state index in [1.54, 1.807) is 30.3 Å². The third-order valence-corrected chi connectivity index (χ3v) is 5.54. The molecule has 4 rings (SSSR count). The maximum atomic E-state index is 12.4. The van der Waals surface area contributed by atoms with Crippen LogP contribution in [0.3, 0.4) is 0 Å². The van der Waals surface area contributed by atoms with E-state index >= 15 is 0 Å². The molecule has 3 aromatic rings. The van der Waals surface area contributed by atoms with Crippen molar-refractivity contribution < 1.29 is 23.8 Å². The van der Waals surface area contributed by atoms with Crippen LogP contribution in [-0.2, 0) is 9.53 Å². The van der Waals surface area contributed by atoms with Gasteiger partial charge in [-0.25, -0.2) is 9.78 Å². The van der Waals surface area contributed by atoms with Crippen molar-refractivity contribution in [3.8, 4) is 11.5 Å². The smallest absolute Gasteiger partial charge is 0.337 e. The Bertz CT molecular complexity index is 1180. The zero-order chi connectivity index (χ0) is 21.8. The van der Waals surface area contributed by atoms with E-state index < -0.39 is 5.97 Å². The van der Waals surface area contributed by atoms with Crippen LogP contribution in [0.5, 0.6) is 11.5 Å². The number of nitrogens with one attached hydrogen (secondary N) is 2. The zero-order valence-electron chi connectivity index (χ0n) is 16.6. The zero-order valence-corrected chi connectivity index (χ0v) is 17.5. The molecule has 0 radical (unpaired) electrons. The van der Waals surface area contributed by atoms with Crippen LogP contribution in [0.2, 0.25) is 0 Å². The minimum absolute atomic E-state index is 0.0896. The molecule has 2 heterocycles. The summed E-state index contributed by atoms with van der Waals surface area (Å²) in [5.74, 6) is 0.648. The normalized spacial score (nSPS) is 12.3. The van der Waals surface area contributed by atoms with E-state index in [4.69, 9.17) is 19.6 Å². The lowest BCUT2D eigenvalue weighted by Crippen LogP contribution is -2.15. The molecule has 0 saturated heterocycles. The standard InChI is InChI=1S/C22H19N3O5S/c1-28-22(27)13-3-2-4-16(8-13)24-20(26)12-31-21-15(11-23)7-14-9-18-19(10-17(14)25-21)30-6-5-29-18/h2-4,7-11,23H,5-6,12H2,1H3,(H,24,26). The van der Waals surface area contributed by atoms with Crippen LogP contribution in [-0.4, -0.2) is 49.2 Å². The van der Waals surface area contributed by atoms with Crippen LogP contribution in [0.1, 0.15) is 15.9 Å². The summed E-state index contributed by atoms with van der Waals surface area (Å²) in [7, 11) is 1.30. The molecule has 0 atom stereocenters. The summed E-state index contributed by atoms with van der Waals surface area (Å²) in [4.78, 5) is 28.7. The lowest BCUT2D eigenvalue weighted by Gasteiger charge is -2.19. The number of pyridine rings is 1. The minimum atomic E-state index is -0.474. The maximum Gasteiger partial charge on any atom is 0.337 e. The first-order valence-electron chi connectivity index (χ1n) is 9.43. The number of carbonyl (C=O) groups is 2. The van der Waals surface area contributed by atoms with E-state index in [1.165, 1.54) is 25.1 Å². The second kappa shape index (κ2) is 9.05. The maximum absolute atomic E-state index is 12.4. The number of rotatable bonds is 6. The first kappa shape index (κ1) is 20.7. The summed E-state index contributed by atoms with van der Waals surface area (Å²) in [5.41, 5.74) is 2.15. The molecule has 0 bridgehead atoms.